The molecule has 0 saturated carbocycles. The normalized spacial score (nSPS) is 18.3. The lowest BCUT2D eigenvalue weighted by Gasteiger charge is -2.32. The summed E-state index contributed by atoms with van der Waals surface area (Å²) in [6.45, 7) is 3.87. The number of aromatic nitrogens is 1. The molecule has 2 aromatic heterocycles. The molecular weight excluding hydrogens is 322 g/mol. The summed E-state index contributed by atoms with van der Waals surface area (Å²) in [5.41, 5.74) is 0.492. The molecule has 0 unspecified atom stereocenters. The number of hydrogen-bond donors (Lipinski definition) is 1. The lowest BCUT2D eigenvalue weighted by atomic mass is 9.98. The minimum absolute atomic E-state index is 0.115. The molecule has 1 amide bonds. The number of likely N-dealkylation sites (tertiary alicyclic amines) is 1. The Balaban J connectivity index is 1.51. The fraction of sp³-hybridized carbons (Fsp3) is 0.444. The minimum atomic E-state index is -0.115. The van der Waals surface area contributed by atoms with Gasteiger partial charge in [0.15, 0.2) is 0 Å². The molecule has 1 aliphatic heterocycles. The number of piperidine rings is 1. The monoisotopic (exact) mass is 345 g/mol. The number of carbonyl (C=O) groups excluding carboxylic acids is 1. The number of amides is 1. The molecule has 0 radical (unpaired) electrons. The van der Waals surface area contributed by atoms with Gasteiger partial charge in [-0.1, -0.05) is 6.07 Å². The number of nitrogens with one attached hydrogen (secondary N) is 1. The van der Waals surface area contributed by atoms with Gasteiger partial charge >= 0.3 is 0 Å². The number of rotatable bonds is 6. The fourth-order valence-corrected chi connectivity index (χ4v) is 3.89. The largest absolute Gasteiger partial charge is 0.480 e. The van der Waals surface area contributed by atoms with E-state index in [1.54, 1.807) is 29.7 Å². The number of methoxy groups -OCH3 is 1. The van der Waals surface area contributed by atoms with Gasteiger partial charge in [0.1, 0.15) is 5.56 Å². The first-order chi connectivity index (χ1) is 11.8. The van der Waals surface area contributed by atoms with Crippen molar-refractivity contribution in [3.63, 3.8) is 0 Å². The molecule has 0 aromatic carbocycles. The maximum Gasteiger partial charge on any atom is 0.256 e. The van der Waals surface area contributed by atoms with Crippen molar-refractivity contribution in [2.75, 3.05) is 26.7 Å². The number of thiophene rings is 1. The molecule has 1 saturated heterocycles. The van der Waals surface area contributed by atoms with Gasteiger partial charge in [0.05, 0.1) is 7.11 Å². The van der Waals surface area contributed by atoms with E-state index in [1.807, 2.05) is 0 Å². The van der Waals surface area contributed by atoms with Crippen molar-refractivity contribution in [2.24, 2.45) is 5.92 Å². The predicted octanol–water partition coefficient (Wildman–Crippen LogP) is 2.79. The topological polar surface area (TPSA) is 54.5 Å². The molecule has 1 N–H and O–H groups in total. The van der Waals surface area contributed by atoms with Crippen LogP contribution in [0.2, 0.25) is 0 Å². The molecule has 2 aromatic rings. The maximum atomic E-state index is 12.4. The van der Waals surface area contributed by atoms with Crippen LogP contribution in [-0.4, -0.2) is 42.5 Å². The zero-order valence-electron chi connectivity index (χ0n) is 13.9. The Hall–Kier alpha value is -1.92. The van der Waals surface area contributed by atoms with Crippen LogP contribution in [0.3, 0.4) is 0 Å². The van der Waals surface area contributed by atoms with Crippen LogP contribution >= 0.6 is 11.3 Å². The first-order valence-electron chi connectivity index (χ1n) is 8.28. The summed E-state index contributed by atoms with van der Waals surface area (Å²) in [7, 11) is 1.53. The minimum Gasteiger partial charge on any atom is -0.480 e. The van der Waals surface area contributed by atoms with Gasteiger partial charge in [0.25, 0.3) is 5.91 Å². The molecule has 5 nitrogen and oxygen atoms in total. The lowest BCUT2D eigenvalue weighted by molar-refractivity contribution is 0.0927. The number of ether oxygens (including phenoxy) is 1. The van der Waals surface area contributed by atoms with Crippen molar-refractivity contribution in [2.45, 2.75) is 19.4 Å². The zero-order chi connectivity index (χ0) is 16.8. The van der Waals surface area contributed by atoms with Gasteiger partial charge < -0.3 is 10.1 Å². The standard InChI is InChI=1S/C18H23N3O2S/c1-23-18-16(7-2-8-19-18)17(22)20-11-14-5-3-9-21(12-14)13-15-6-4-10-24-15/h2,4,6-8,10,14H,3,5,9,11-13H2,1H3,(H,20,22)/t14-/m1/s1. The molecule has 1 aliphatic rings. The smallest absolute Gasteiger partial charge is 0.256 e. The summed E-state index contributed by atoms with van der Waals surface area (Å²) >= 11 is 1.81. The Bertz CT molecular complexity index is 660. The molecule has 0 aliphatic carbocycles. The molecule has 0 bridgehead atoms. The molecule has 24 heavy (non-hydrogen) atoms. The van der Waals surface area contributed by atoms with Crippen molar-refractivity contribution in [3.05, 3.63) is 46.3 Å². The van der Waals surface area contributed by atoms with Crippen LogP contribution in [0.15, 0.2) is 35.8 Å². The average Bonchev–Trinajstić information content (AvgIpc) is 3.13. The molecule has 3 heterocycles. The number of hydrogen-bond acceptors (Lipinski definition) is 5. The average molecular weight is 345 g/mol. The van der Waals surface area contributed by atoms with Crippen LogP contribution in [0.5, 0.6) is 5.88 Å². The molecule has 1 atom stereocenters. The highest BCUT2D eigenvalue weighted by Crippen LogP contribution is 2.20. The number of nitrogens with zero attached hydrogens (tertiary/aromatic N) is 2. The Morgan fingerprint density at radius 3 is 3.17 bits per heavy atom. The van der Waals surface area contributed by atoms with E-state index in [4.69, 9.17) is 4.74 Å². The molecule has 128 valence electrons. The molecule has 1 fully saturated rings. The van der Waals surface area contributed by atoms with Crippen LogP contribution in [-0.2, 0) is 6.54 Å². The first-order valence-corrected chi connectivity index (χ1v) is 9.16. The Labute approximate surface area is 146 Å². The third kappa shape index (κ3) is 4.33. The molecule has 6 heteroatoms. The number of pyridine rings is 1. The summed E-state index contributed by atoms with van der Waals surface area (Å²) in [5.74, 6) is 0.749. The van der Waals surface area contributed by atoms with Crippen LogP contribution in [0.25, 0.3) is 0 Å². The summed E-state index contributed by atoms with van der Waals surface area (Å²) < 4.78 is 5.16. The second-order valence-corrected chi connectivity index (χ2v) is 7.13. The third-order valence-electron chi connectivity index (χ3n) is 4.32. The van der Waals surface area contributed by atoms with Gasteiger partial charge in [-0.25, -0.2) is 4.98 Å². The second kappa shape index (κ2) is 8.26. The fourth-order valence-electron chi connectivity index (χ4n) is 3.14. The van der Waals surface area contributed by atoms with E-state index < -0.39 is 0 Å². The molecule has 0 spiro atoms. The lowest BCUT2D eigenvalue weighted by Crippen LogP contribution is -2.40. The van der Waals surface area contributed by atoms with Crippen LogP contribution in [0.4, 0.5) is 0 Å². The summed E-state index contributed by atoms with van der Waals surface area (Å²) in [6, 6.07) is 7.78. The molecular formula is C18H23N3O2S. The van der Waals surface area contributed by atoms with Crippen molar-refractivity contribution >= 4 is 17.2 Å². The van der Waals surface area contributed by atoms with Crippen molar-refractivity contribution in [3.8, 4) is 5.88 Å². The predicted molar refractivity (Wildman–Crippen MR) is 95.4 cm³/mol. The van der Waals surface area contributed by atoms with Crippen LogP contribution < -0.4 is 10.1 Å². The quantitative estimate of drug-likeness (QED) is 0.875. The van der Waals surface area contributed by atoms with E-state index in [0.717, 1.165) is 26.1 Å². The van der Waals surface area contributed by atoms with Gasteiger partial charge in [-0.2, -0.15) is 0 Å². The highest BCUT2D eigenvalue weighted by Gasteiger charge is 2.21. The van der Waals surface area contributed by atoms with E-state index >= 15 is 0 Å². The summed E-state index contributed by atoms with van der Waals surface area (Å²) in [5, 5.41) is 5.16. The van der Waals surface area contributed by atoms with Crippen molar-refractivity contribution < 1.29 is 9.53 Å². The zero-order valence-corrected chi connectivity index (χ0v) is 14.7. The summed E-state index contributed by atoms with van der Waals surface area (Å²) in [4.78, 5) is 20.3. The SMILES string of the molecule is COc1ncccc1C(=O)NC[C@H]1CCCN(Cc2cccs2)C1. The third-order valence-corrected chi connectivity index (χ3v) is 5.18. The highest BCUT2D eigenvalue weighted by molar-refractivity contribution is 7.09. The van der Waals surface area contributed by atoms with Crippen molar-refractivity contribution in [1.82, 2.24) is 15.2 Å². The van der Waals surface area contributed by atoms with E-state index in [0.29, 0.717) is 23.9 Å². The van der Waals surface area contributed by atoms with E-state index in [9.17, 15) is 4.79 Å². The number of carbonyl (C=O) groups is 1. The van der Waals surface area contributed by atoms with E-state index in [-0.39, 0.29) is 5.91 Å². The van der Waals surface area contributed by atoms with Gasteiger partial charge in [-0.3, -0.25) is 9.69 Å². The Morgan fingerprint density at radius 2 is 2.38 bits per heavy atom. The maximum absolute atomic E-state index is 12.4. The van der Waals surface area contributed by atoms with Gasteiger partial charge in [-0.05, 0) is 48.9 Å². The van der Waals surface area contributed by atoms with E-state index in [1.165, 1.54) is 18.4 Å². The van der Waals surface area contributed by atoms with Gasteiger partial charge in [-0.15, -0.1) is 11.3 Å². The first kappa shape index (κ1) is 16.9. The Morgan fingerprint density at radius 1 is 1.46 bits per heavy atom. The Kier molecular flexibility index (Phi) is 5.82. The van der Waals surface area contributed by atoms with Crippen molar-refractivity contribution in [1.29, 1.82) is 0 Å². The second-order valence-electron chi connectivity index (χ2n) is 6.09. The van der Waals surface area contributed by atoms with Gasteiger partial charge in [0.2, 0.25) is 5.88 Å². The van der Waals surface area contributed by atoms with Crippen LogP contribution in [0.1, 0.15) is 28.1 Å². The molecule has 3 rings (SSSR count). The summed E-state index contributed by atoms with van der Waals surface area (Å²) in [6.07, 6.45) is 3.97. The van der Waals surface area contributed by atoms with Gasteiger partial charge in [0, 0.05) is 30.7 Å². The van der Waals surface area contributed by atoms with Crippen LogP contribution in [0, 0.1) is 5.92 Å². The van der Waals surface area contributed by atoms with E-state index in [2.05, 4.69) is 32.7 Å². The highest BCUT2D eigenvalue weighted by atomic mass is 32.1.